The maximum Gasteiger partial charge on any atom is 0.267 e. The molecule has 1 aromatic carbocycles. The van der Waals surface area contributed by atoms with Crippen molar-refractivity contribution < 1.29 is 4.39 Å². The molecule has 0 aliphatic rings. The smallest absolute Gasteiger partial charge is 0.267 e. The summed E-state index contributed by atoms with van der Waals surface area (Å²) in [6.45, 7) is 1.78. The Morgan fingerprint density at radius 3 is 2.87 bits per heavy atom. The summed E-state index contributed by atoms with van der Waals surface area (Å²) in [7, 11) is 0. The molecule has 11 heteroatoms. The van der Waals surface area contributed by atoms with E-state index in [4.69, 9.17) is 11.6 Å². The Balaban J connectivity index is 1.74. The summed E-state index contributed by atoms with van der Waals surface area (Å²) in [6, 6.07) is 7.42. The average Bonchev–Trinajstić information content (AvgIpc) is 3.24. The van der Waals surface area contributed by atoms with E-state index >= 15 is 0 Å². The Labute approximate surface area is 179 Å². The van der Waals surface area contributed by atoms with Gasteiger partial charge in [0.1, 0.15) is 23.4 Å². The number of imidazole rings is 1. The van der Waals surface area contributed by atoms with Gasteiger partial charge in [-0.25, -0.2) is 24.9 Å². The van der Waals surface area contributed by atoms with E-state index in [-0.39, 0.29) is 21.9 Å². The van der Waals surface area contributed by atoms with Crippen LogP contribution in [-0.4, -0.2) is 34.5 Å². The standard InChI is InChI=1S/C20H14ClFN8O/c1-10(28-18-15-17(25-8-24-15)26-9-27-18)19-29-12-5-2-4-11(21)14(12)20(31)30(19)13-6-3-7-23-16(13)22/h2-10H,1H3,(H2,24,25,26,27,28)/t10-/m0/s1. The Morgan fingerprint density at radius 1 is 1.16 bits per heavy atom. The first kappa shape index (κ1) is 19.1. The highest BCUT2D eigenvalue weighted by Crippen LogP contribution is 2.26. The van der Waals surface area contributed by atoms with Crippen LogP contribution in [0.2, 0.25) is 5.02 Å². The van der Waals surface area contributed by atoms with E-state index < -0.39 is 17.5 Å². The molecule has 0 aliphatic carbocycles. The molecule has 0 saturated heterocycles. The SMILES string of the molecule is C[C@H](Nc1ncnc2nc[nH]c12)c1nc2cccc(Cl)c2c(=O)n1-c1cccnc1F. The topological polar surface area (TPSA) is 114 Å². The van der Waals surface area contributed by atoms with Gasteiger partial charge in [0, 0.05) is 6.20 Å². The third kappa shape index (κ3) is 3.17. The first-order valence-corrected chi connectivity index (χ1v) is 9.65. The molecular weight excluding hydrogens is 423 g/mol. The van der Waals surface area contributed by atoms with Crippen LogP contribution < -0.4 is 10.9 Å². The number of benzene rings is 1. The molecule has 1 atom stereocenters. The number of hydrogen-bond donors (Lipinski definition) is 2. The van der Waals surface area contributed by atoms with Gasteiger partial charge in [0.25, 0.3) is 5.56 Å². The number of hydrogen-bond acceptors (Lipinski definition) is 7. The zero-order valence-corrected chi connectivity index (χ0v) is 16.8. The number of fused-ring (bicyclic) bond motifs is 2. The van der Waals surface area contributed by atoms with Gasteiger partial charge in [-0.1, -0.05) is 17.7 Å². The van der Waals surface area contributed by atoms with Crippen molar-refractivity contribution in [1.29, 1.82) is 0 Å². The second-order valence-corrected chi connectivity index (χ2v) is 7.15. The van der Waals surface area contributed by atoms with Gasteiger partial charge in [-0.2, -0.15) is 4.39 Å². The van der Waals surface area contributed by atoms with Crippen molar-refractivity contribution in [1.82, 2.24) is 34.5 Å². The molecule has 0 saturated carbocycles. The molecule has 2 N–H and O–H groups in total. The third-order valence-electron chi connectivity index (χ3n) is 4.82. The Kier molecular flexibility index (Phi) is 4.55. The van der Waals surface area contributed by atoms with Gasteiger partial charge in [-0.15, -0.1) is 0 Å². The molecule has 0 amide bonds. The van der Waals surface area contributed by atoms with Crippen LogP contribution in [0.3, 0.4) is 0 Å². The van der Waals surface area contributed by atoms with E-state index in [1.54, 1.807) is 31.2 Å². The van der Waals surface area contributed by atoms with Crippen molar-refractivity contribution in [2.45, 2.75) is 13.0 Å². The number of aromatic nitrogens is 7. The van der Waals surface area contributed by atoms with Crippen molar-refractivity contribution >= 4 is 39.5 Å². The first-order chi connectivity index (χ1) is 15.0. The molecule has 0 fully saturated rings. The Hall–Kier alpha value is -3.92. The van der Waals surface area contributed by atoms with Gasteiger partial charge in [-0.3, -0.25) is 9.36 Å². The summed E-state index contributed by atoms with van der Waals surface area (Å²) in [5.41, 5.74) is 0.953. The lowest BCUT2D eigenvalue weighted by atomic mass is 10.2. The van der Waals surface area contributed by atoms with Crippen LogP contribution in [0.4, 0.5) is 10.2 Å². The van der Waals surface area contributed by atoms with Gasteiger partial charge < -0.3 is 10.3 Å². The fraction of sp³-hybridized carbons (Fsp3) is 0.100. The first-order valence-electron chi connectivity index (χ1n) is 9.27. The molecule has 0 spiro atoms. The predicted octanol–water partition coefficient (Wildman–Crippen LogP) is 3.41. The summed E-state index contributed by atoms with van der Waals surface area (Å²) < 4.78 is 15.8. The van der Waals surface area contributed by atoms with Crippen LogP contribution in [0.15, 0.2) is 54.0 Å². The number of rotatable bonds is 4. The zero-order valence-electron chi connectivity index (χ0n) is 16.0. The minimum Gasteiger partial charge on any atom is -0.358 e. The second kappa shape index (κ2) is 7.40. The van der Waals surface area contributed by atoms with Crippen LogP contribution in [-0.2, 0) is 0 Å². The lowest BCUT2D eigenvalue weighted by Gasteiger charge is -2.20. The minimum atomic E-state index is -0.802. The third-order valence-corrected chi connectivity index (χ3v) is 5.13. The largest absolute Gasteiger partial charge is 0.358 e. The summed E-state index contributed by atoms with van der Waals surface area (Å²) in [6.07, 6.45) is 4.19. The molecule has 0 unspecified atom stereocenters. The summed E-state index contributed by atoms with van der Waals surface area (Å²) in [5, 5.41) is 3.63. The van der Waals surface area contributed by atoms with E-state index in [1.807, 2.05) is 0 Å². The highest BCUT2D eigenvalue weighted by molar-refractivity contribution is 6.35. The molecule has 4 heterocycles. The predicted molar refractivity (Wildman–Crippen MR) is 114 cm³/mol. The number of anilines is 1. The normalized spacial score (nSPS) is 12.4. The number of aromatic amines is 1. The highest BCUT2D eigenvalue weighted by Gasteiger charge is 2.22. The van der Waals surface area contributed by atoms with E-state index in [1.165, 1.54) is 29.5 Å². The van der Waals surface area contributed by atoms with Gasteiger partial charge in [-0.05, 0) is 31.2 Å². The monoisotopic (exact) mass is 436 g/mol. The molecule has 154 valence electrons. The van der Waals surface area contributed by atoms with Gasteiger partial charge in [0.15, 0.2) is 11.5 Å². The maximum atomic E-state index is 14.6. The van der Waals surface area contributed by atoms with Gasteiger partial charge in [0.05, 0.1) is 28.3 Å². The van der Waals surface area contributed by atoms with E-state index in [0.29, 0.717) is 22.5 Å². The lowest BCUT2D eigenvalue weighted by Crippen LogP contribution is -2.28. The summed E-state index contributed by atoms with van der Waals surface area (Å²) >= 11 is 6.27. The molecule has 0 bridgehead atoms. The summed E-state index contributed by atoms with van der Waals surface area (Å²) in [5.74, 6) is -0.0733. The maximum absolute atomic E-state index is 14.6. The minimum absolute atomic E-state index is 0.0279. The Morgan fingerprint density at radius 2 is 2.03 bits per heavy atom. The highest BCUT2D eigenvalue weighted by atomic mass is 35.5. The van der Waals surface area contributed by atoms with Crippen molar-refractivity contribution in [3.8, 4) is 5.69 Å². The van der Waals surface area contributed by atoms with E-state index in [9.17, 15) is 9.18 Å². The number of halogens is 2. The molecule has 0 aliphatic heterocycles. The fourth-order valence-corrected chi connectivity index (χ4v) is 3.67. The second-order valence-electron chi connectivity index (χ2n) is 6.75. The molecule has 5 aromatic rings. The molecule has 4 aromatic heterocycles. The molecule has 9 nitrogen and oxygen atoms in total. The molecule has 0 radical (unpaired) electrons. The van der Waals surface area contributed by atoms with Crippen LogP contribution in [0, 0.1) is 5.95 Å². The Bertz CT molecular complexity index is 1500. The number of nitrogens with one attached hydrogen (secondary N) is 2. The van der Waals surface area contributed by atoms with E-state index in [0.717, 1.165) is 0 Å². The van der Waals surface area contributed by atoms with Gasteiger partial charge >= 0.3 is 0 Å². The average molecular weight is 437 g/mol. The van der Waals surface area contributed by atoms with Crippen LogP contribution >= 0.6 is 11.6 Å². The van der Waals surface area contributed by atoms with Crippen LogP contribution in [0.5, 0.6) is 0 Å². The summed E-state index contributed by atoms with van der Waals surface area (Å²) in [4.78, 5) is 37.2. The molecule has 5 rings (SSSR count). The molecule has 31 heavy (non-hydrogen) atoms. The number of H-pyrrole nitrogens is 1. The van der Waals surface area contributed by atoms with Crippen molar-refractivity contribution in [2.24, 2.45) is 0 Å². The van der Waals surface area contributed by atoms with Crippen molar-refractivity contribution in [2.75, 3.05) is 5.32 Å². The van der Waals surface area contributed by atoms with Gasteiger partial charge in [0.2, 0.25) is 5.95 Å². The van der Waals surface area contributed by atoms with Crippen LogP contribution in [0.25, 0.3) is 27.8 Å². The lowest BCUT2D eigenvalue weighted by molar-refractivity contribution is 0.567. The van der Waals surface area contributed by atoms with Crippen molar-refractivity contribution in [3.05, 3.63) is 76.3 Å². The zero-order chi connectivity index (χ0) is 21.5. The number of pyridine rings is 1. The number of nitrogens with zero attached hydrogens (tertiary/aromatic N) is 6. The van der Waals surface area contributed by atoms with Crippen LogP contribution in [0.1, 0.15) is 18.8 Å². The molecular formula is C20H14ClFN8O. The van der Waals surface area contributed by atoms with E-state index in [2.05, 4.69) is 35.2 Å². The fourth-order valence-electron chi connectivity index (χ4n) is 3.42. The quantitative estimate of drug-likeness (QED) is 0.415. The van der Waals surface area contributed by atoms with Crippen molar-refractivity contribution in [3.63, 3.8) is 0 Å².